The predicted molar refractivity (Wildman–Crippen MR) is 145 cm³/mol. The van der Waals surface area contributed by atoms with Gasteiger partial charge in [0.25, 0.3) is 0 Å². The molecule has 1 amide bonds. The number of nitrogens with two attached hydrogens (primary N) is 1. The molecular formula is C30H28FN3O5. The van der Waals surface area contributed by atoms with Crippen LogP contribution in [0, 0.1) is 11.2 Å². The van der Waals surface area contributed by atoms with Gasteiger partial charge in [0.1, 0.15) is 17.1 Å². The van der Waals surface area contributed by atoms with Crippen molar-refractivity contribution in [1.29, 1.82) is 0 Å². The van der Waals surface area contributed by atoms with Gasteiger partial charge in [0.15, 0.2) is 0 Å². The first-order valence-corrected chi connectivity index (χ1v) is 12.5. The smallest absolute Gasteiger partial charge is 0.339 e. The summed E-state index contributed by atoms with van der Waals surface area (Å²) < 4.78 is 26.5. The van der Waals surface area contributed by atoms with Crippen molar-refractivity contribution in [2.24, 2.45) is 11.1 Å². The van der Waals surface area contributed by atoms with Gasteiger partial charge in [-0.2, -0.15) is 5.10 Å². The molecule has 39 heavy (non-hydrogen) atoms. The summed E-state index contributed by atoms with van der Waals surface area (Å²) in [6, 6.07) is 18.5. The molecule has 4 aromatic rings. The molecule has 0 aliphatic heterocycles. The molecule has 0 radical (unpaired) electrons. The van der Waals surface area contributed by atoms with Gasteiger partial charge in [0.05, 0.1) is 41.8 Å². The lowest BCUT2D eigenvalue weighted by atomic mass is 10.0. The van der Waals surface area contributed by atoms with Crippen LogP contribution in [0.1, 0.15) is 46.1 Å². The Morgan fingerprint density at radius 2 is 1.87 bits per heavy atom. The molecule has 2 unspecified atom stereocenters. The summed E-state index contributed by atoms with van der Waals surface area (Å²) in [5.41, 5.74) is 7.89. The third-order valence-electron chi connectivity index (χ3n) is 7.22. The number of carboxylic acid groups (broad SMARTS) is 1. The number of aromatic carboxylic acids is 1. The molecule has 5 rings (SSSR count). The van der Waals surface area contributed by atoms with Gasteiger partial charge in [-0.15, -0.1) is 0 Å². The predicted octanol–water partition coefficient (Wildman–Crippen LogP) is 5.08. The number of amides is 1. The zero-order chi connectivity index (χ0) is 27.6. The SMILES string of the molecule is COc1c(C(=O)O)ccc2c1c(C=Cc1ccc(F)cc1)nn2C1CC1(CCOCc1ccccc1)C(N)=O. The Kier molecular flexibility index (Phi) is 7.17. The fraction of sp³-hybridized carbons (Fsp3) is 0.233. The van der Waals surface area contributed by atoms with E-state index in [1.807, 2.05) is 30.3 Å². The summed E-state index contributed by atoms with van der Waals surface area (Å²) in [6.45, 7) is 0.774. The standard InChI is InChI=1S/C30H28FN3O5/c1-38-27-22(28(35)36)12-14-24-26(27)23(13-9-19-7-10-21(31)11-8-19)33-34(24)25-17-30(25,29(32)37)15-16-39-18-20-5-3-2-4-6-20/h2-14,25H,15-18H2,1H3,(H2,32,37)(H,35,36). The lowest BCUT2D eigenvalue weighted by Crippen LogP contribution is -2.29. The van der Waals surface area contributed by atoms with Crippen LogP contribution in [0.4, 0.5) is 4.39 Å². The quantitative estimate of drug-likeness (QED) is 0.262. The Labute approximate surface area is 224 Å². The summed E-state index contributed by atoms with van der Waals surface area (Å²) in [6.07, 6.45) is 4.38. The average molecular weight is 530 g/mol. The number of carbonyl (C=O) groups is 2. The maximum absolute atomic E-state index is 13.4. The second kappa shape index (κ2) is 10.7. The molecule has 9 heteroatoms. The van der Waals surface area contributed by atoms with E-state index in [4.69, 9.17) is 20.3 Å². The third kappa shape index (κ3) is 5.13. The Bertz CT molecular complexity index is 1550. The lowest BCUT2D eigenvalue weighted by Gasteiger charge is -2.15. The van der Waals surface area contributed by atoms with E-state index in [0.717, 1.165) is 11.1 Å². The zero-order valence-electron chi connectivity index (χ0n) is 21.3. The van der Waals surface area contributed by atoms with Gasteiger partial charge in [0.2, 0.25) is 5.91 Å². The molecule has 1 aliphatic carbocycles. The van der Waals surface area contributed by atoms with E-state index in [9.17, 15) is 19.1 Å². The summed E-state index contributed by atoms with van der Waals surface area (Å²) in [4.78, 5) is 24.6. The van der Waals surface area contributed by atoms with E-state index >= 15 is 0 Å². The van der Waals surface area contributed by atoms with Crippen LogP contribution in [0.3, 0.4) is 0 Å². The summed E-state index contributed by atoms with van der Waals surface area (Å²) >= 11 is 0. The third-order valence-corrected chi connectivity index (χ3v) is 7.22. The van der Waals surface area contributed by atoms with Crippen molar-refractivity contribution in [3.05, 3.63) is 94.9 Å². The summed E-state index contributed by atoms with van der Waals surface area (Å²) in [7, 11) is 1.40. The Hall–Kier alpha value is -4.50. The molecule has 1 fully saturated rings. The molecule has 0 saturated heterocycles. The van der Waals surface area contributed by atoms with Crippen LogP contribution in [-0.4, -0.2) is 40.5 Å². The van der Waals surface area contributed by atoms with E-state index in [0.29, 0.717) is 42.7 Å². The van der Waals surface area contributed by atoms with Crippen LogP contribution < -0.4 is 10.5 Å². The minimum Gasteiger partial charge on any atom is -0.495 e. The number of methoxy groups -OCH3 is 1. The van der Waals surface area contributed by atoms with Crippen molar-refractivity contribution >= 4 is 34.9 Å². The molecule has 1 saturated carbocycles. The number of nitrogens with zero attached hydrogens (tertiary/aromatic N) is 2. The maximum atomic E-state index is 13.4. The fourth-order valence-electron chi connectivity index (χ4n) is 5.00. The average Bonchev–Trinajstić information content (AvgIpc) is 3.56. The van der Waals surface area contributed by atoms with Gasteiger partial charge in [-0.25, -0.2) is 9.18 Å². The topological polar surface area (TPSA) is 117 Å². The van der Waals surface area contributed by atoms with Crippen LogP contribution in [0.5, 0.6) is 5.75 Å². The lowest BCUT2D eigenvalue weighted by molar-refractivity contribution is -0.124. The van der Waals surface area contributed by atoms with Crippen molar-refractivity contribution in [3.8, 4) is 5.75 Å². The largest absolute Gasteiger partial charge is 0.495 e. The van der Waals surface area contributed by atoms with Crippen molar-refractivity contribution in [1.82, 2.24) is 9.78 Å². The number of fused-ring (bicyclic) bond motifs is 1. The Balaban J connectivity index is 1.48. The van der Waals surface area contributed by atoms with Crippen LogP contribution in [0.2, 0.25) is 0 Å². The van der Waals surface area contributed by atoms with Gasteiger partial charge in [-0.3, -0.25) is 9.48 Å². The van der Waals surface area contributed by atoms with Gasteiger partial charge in [0, 0.05) is 6.61 Å². The molecule has 1 heterocycles. The molecule has 0 spiro atoms. The highest BCUT2D eigenvalue weighted by Crippen LogP contribution is 2.59. The number of benzene rings is 3. The number of halogens is 1. The molecule has 1 aromatic heterocycles. The van der Waals surface area contributed by atoms with E-state index in [1.165, 1.54) is 25.3 Å². The Morgan fingerprint density at radius 3 is 2.54 bits per heavy atom. The van der Waals surface area contributed by atoms with Gasteiger partial charge < -0.3 is 20.3 Å². The van der Waals surface area contributed by atoms with E-state index in [-0.39, 0.29) is 23.2 Å². The Morgan fingerprint density at radius 1 is 1.13 bits per heavy atom. The molecule has 2 atom stereocenters. The summed E-state index contributed by atoms with van der Waals surface area (Å²) in [5.74, 6) is -1.75. The van der Waals surface area contributed by atoms with Crippen LogP contribution in [0.25, 0.3) is 23.1 Å². The molecule has 8 nitrogen and oxygen atoms in total. The second-order valence-electron chi connectivity index (χ2n) is 9.59. The highest BCUT2D eigenvalue weighted by atomic mass is 19.1. The molecule has 200 valence electrons. The number of hydrogen-bond donors (Lipinski definition) is 2. The van der Waals surface area contributed by atoms with E-state index in [2.05, 4.69) is 0 Å². The molecular weight excluding hydrogens is 501 g/mol. The highest BCUT2D eigenvalue weighted by molar-refractivity contribution is 6.03. The fourth-order valence-corrected chi connectivity index (χ4v) is 5.00. The number of aromatic nitrogens is 2. The van der Waals surface area contributed by atoms with Crippen LogP contribution >= 0.6 is 0 Å². The normalized spacial score (nSPS) is 18.5. The van der Waals surface area contributed by atoms with Crippen LogP contribution in [0.15, 0.2) is 66.7 Å². The molecule has 0 bridgehead atoms. The van der Waals surface area contributed by atoms with Crippen molar-refractivity contribution in [3.63, 3.8) is 0 Å². The van der Waals surface area contributed by atoms with E-state index in [1.54, 1.807) is 35.0 Å². The van der Waals surface area contributed by atoms with Gasteiger partial charge in [-0.1, -0.05) is 48.5 Å². The second-order valence-corrected chi connectivity index (χ2v) is 9.59. The highest BCUT2D eigenvalue weighted by Gasteiger charge is 2.60. The number of primary amides is 1. The number of carboxylic acids is 1. The minimum atomic E-state index is -1.14. The van der Waals surface area contributed by atoms with E-state index < -0.39 is 17.3 Å². The molecule has 3 N–H and O–H groups in total. The first kappa shape index (κ1) is 26.1. The number of carbonyl (C=O) groups excluding carboxylic acids is 1. The number of rotatable bonds is 11. The number of hydrogen-bond acceptors (Lipinski definition) is 5. The van der Waals surface area contributed by atoms with Crippen molar-refractivity contribution in [2.45, 2.75) is 25.5 Å². The monoisotopic (exact) mass is 529 g/mol. The minimum absolute atomic E-state index is 0.00717. The first-order valence-electron chi connectivity index (χ1n) is 12.5. The van der Waals surface area contributed by atoms with Crippen molar-refractivity contribution < 1.29 is 28.6 Å². The molecule has 1 aliphatic rings. The maximum Gasteiger partial charge on any atom is 0.339 e. The number of ether oxygens (including phenoxy) is 2. The van der Waals surface area contributed by atoms with Crippen molar-refractivity contribution in [2.75, 3.05) is 13.7 Å². The molecule has 3 aromatic carbocycles. The van der Waals surface area contributed by atoms with Crippen LogP contribution in [-0.2, 0) is 16.1 Å². The van der Waals surface area contributed by atoms with Gasteiger partial charge in [-0.05, 0) is 54.3 Å². The first-order chi connectivity index (χ1) is 18.8. The van der Waals surface area contributed by atoms with Gasteiger partial charge >= 0.3 is 5.97 Å². The zero-order valence-corrected chi connectivity index (χ0v) is 21.3. The summed E-state index contributed by atoms with van der Waals surface area (Å²) in [5, 5.41) is 15.0.